The number of hydrogen-bond donors (Lipinski definition) is 0. The summed E-state index contributed by atoms with van der Waals surface area (Å²) in [6.45, 7) is 2.00. The molecule has 0 aliphatic carbocycles. The Morgan fingerprint density at radius 1 is 0.794 bits per heavy atom. The molecule has 1 heterocycles. The molecule has 0 saturated carbocycles. The summed E-state index contributed by atoms with van der Waals surface area (Å²) < 4.78 is 12.1. The van der Waals surface area contributed by atoms with Crippen molar-refractivity contribution in [3.05, 3.63) is 116 Å². The molecule has 0 radical (unpaired) electrons. The van der Waals surface area contributed by atoms with E-state index in [1.165, 1.54) is 4.57 Å². The number of aromatic nitrogens is 2. The van der Waals surface area contributed by atoms with Gasteiger partial charge in [0, 0.05) is 0 Å². The highest BCUT2D eigenvalue weighted by Crippen LogP contribution is 2.12. The van der Waals surface area contributed by atoms with Gasteiger partial charge in [0.25, 0.3) is 5.56 Å². The molecule has 0 fully saturated rings. The van der Waals surface area contributed by atoms with Gasteiger partial charge in [-0.15, -0.1) is 0 Å². The Kier molecular flexibility index (Phi) is 6.68. The second-order valence-electron chi connectivity index (χ2n) is 7.48. The lowest BCUT2D eigenvalue weighted by atomic mass is 10.1. The molecule has 0 amide bonds. The summed E-state index contributed by atoms with van der Waals surface area (Å²) in [6, 6.07) is 22.1. The molecule has 8 nitrogen and oxygen atoms in total. The summed E-state index contributed by atoms with van der Waals surface area (Å²) in [4.78, 5) is 50.9. The average Bonchev–Trinajstić information content (AvgIpc) is 2.86. The zero-order valence-corrected chi connectivity index (χ0v) is 18.5. The van der Waals surface area contributed by atoms with E-state index >= 15 is 0 Å². The van der Waals surface area contributed by atoms with Gasteiger partial charge >= 0.3 is 17.8 Å². The van der Waals surface area contributed by atoms with Crippen LogP contribution in [0.2, 0.25) is 0 Å². The van der Waals surface area contributed by atoms with E-state index < -0.39 is 23.3 Å². The number of benzene rings is 3. The van der Waals surface area contributed by atoms with E-state index in [2.05, 4.69) is 0 Å². The van der Waals surface area contributed by atoms with Gasteiger partial charge in [0.2, 0.25) is 0 Å². The number of rotatable bonds is 6. The highest BCUT2D eigenvalue weighted by Gasteiger charge is 2.19. The van der Waals surface area contributed by atoms with Gasteiger partial charge in [-0.2, -0.15) is 4.57 Å². The monoisotopic (exact) mass is 458 g/mol. The maximum atomic E-state index is 13.3. The van der Waals surface area contributed by atoms with Gasteiger partial charge in [-0.25, -0.2) is 14.4 Å². The molecule has 172 valence electrons. The lowest BCUT2D eigenvalue weighted by Gasteiger charge is -2.14. The number of carbonyl (C=O) groups excluding carboxylic acids is 2. The van der Waals surface area contributed by atoms with E-state index in [-0.39, 0.29) is 25.1 Å². The molecule has 0 spiro atoms. The lowest BCUT2D eigenvalue weighted by molar-refractivity contribution is 0.0526. The third-order valence-electron chi connectivity index (χ3n) is 5.24. The first kappa shape index (κ1) is 22.7. The molecule has 0 N–H and O–H groups in total. The predicted octanol–water partition coefficient (Wildman–Crippen LogP) is 3.57. The van der Waals surface area contributed by atoms with Crippen LogP contribution in [-0.2, 0) is 22.6 Å². The van der Waals surface area contributed by atoms with E-state index in [1.54, 1.807) is 79.7 Å². The molecule has 0 aliphatic rings. The Morgan fingerprint density at radius 2 is 1.47 bits per heavy atom. The molecule has 1 aromatic heterocycles. The lowest BCUT2D eigenvalue weighted by Crippen LogP contribution is -2.44. The quantitative estimate of drug-likeness (QED) is 0.410. The number of para-hydroxylation sites is 1. The molecule has 4 aromatic rings. The van der Waals surface area contributed by atoms with E-state index in [0.29, 0.717) is 21.2 Å². The SMILES string of the molecule is CCOC(=O)c1ccc(Cn2c(=O)n(C(=O)OCc3ccccc3)c(=O)c3ccccc32)cc1. The van der Waals surface area contributed by atoms with Crippen LogP contribution in [0.4, 0.5) is 4.79 Å². The van der Waals surface area contributed by atoms with Crippen LogP contribution in [0, 0.1) is 0 Å². The Bertz CT molecular complexity index is 1450. The Labute approximate surface area is 194 Å². The minimum atomic E-state index is -1.05. The molecule has 4 rings (SSSR count). The van der Waals surface area contributed by atoms with Gasteiger partial charge < -0.3 is 9.47 Å². The van der Waals surface area contributed by atoms with Crippen molar-refractivity contribution >= 4 is 23.0 Å². The van der Waals surface area contributed by atoms with E-state index in [1.807, 2.05) is 6.07 Å². The van der Waals surface area contributed by atoms with Crippen molar-refractivity contribution in [2.45, 2.75) is 20.1 Å². The van der Waals surface area contributed by atoms with Gasteiger partial charge in [-0.05, 0) is 42.3 Å². The fourth-order valence-electron chi connectivity index (χ4n) is 3.56. The van der Waals surface area contributed by atoms with Crippen LogP contribution >= 0.6 is 0 Å². The normalized spacial score (nSPS) is 10.7. The van der Waals surface area contributed by atoms with Crippen LogP contribution in [0.5, 0.6) is 0 Å². The fraction of sp³-hybridized carbons (Fsp3) is 0.154. The Morgan fingerprint density at radius 3 is 2.18 bits per heavy atom. The van der Waals surface area contributed by atoms with Gasteiger partial charge in [-0.3, -0.25) is 9.36 Å². The molecule has 8 heteroatoms. The molecule has 0 saturated heterocycles. The summed E-state index contributed by atoms with van der Waals surface area (Å²) in [5, 5.41) is 0.210. The summed E-state index contributed by atoms with van der Waals surface area (Å²) in [5.74, 6) is -0.439. The molecule has 0 atom stereocenters. The standard InChI is InChI=1S/C26H22N2O6/c1-2-33-24(30)20-14-12-18(13-15-20)16-27-22-11-7-6-10-21(22)23(29)28(25(27)31)26(32)34-17-19-8-4-3-5-9-19/h3-15H,2,16-17H2,1H3. The van der Waals surface area contributed by atoms with Gasteiger partial charge in [0.1, 0.15) is 6.61 Å². The number of nitrogens with zero attached hydrogens (tertiary/aromatic N) is 2. The first-order valence-electron chi connectivity index (χ1n) is 10.7. The van der Waals surface area contributed by atoms with E-state index in [4.69, 9.17) is 9.47 Å². The largest absolute Gasteiger partial charge is 0.462 e. The first-order chi connectivity index (χ1) is 16.5. The highest BCUT2D eigenvalue weighted by molar-refractivity contribution is 5.89. The van der Waals surface area contributed by atoms with Crippen LogP contribution < -0.4 is 11.2 Å². The van der Waals surface area contributed by atoms with Gasteiger partial charge in [0.15, 0.2) is 0 Å². The van der Waals surface area contributed by atoms with Crippen molar-refractivity contribution in [2.24, 2.45) is 0 Å². The number of hydrogen-bond acceptors (Lipinski definition) is 6. The summed E-state index contributed by atoms with van der Waals surface area (Å²) in [5.41, 5.74) is 0.648. The Hall–Kier alpha value is -4.46. The zero-order valence-electron chi connectivity index (χ0n) is 18.5. The summed E-state index contributed by atoms with van der Waals surface area (Å²) in [6.07, 6.45) is -1.05. The maximum absolute atomic E-state index is 13.3. The van der Waals surface area contributed by atoms with Crippen molar-refractivity contribution in [3.8, 4) is 0 Å². The molecule has 0 bridgehead atoms. The Balaban J connectivity index is 1.70. The van der Waals surface area contributed by atoms with E-state index in [0.717, 1.165) is 5.56 Å². The van der Waals surface area contributed by atoms with Crippen molar-refractivity contribution < 1.29 is 19.1 Å². The van der Waals surface area contributed by atoms with Crippen LogP contribution in [0.3, 0.4) is 0 Å². The summed E-state index contributed by atoms with van der Waals surface area (Å²) in [7, 11) is 0. The van der Waals surface area contributed by atoms with Crippen molar-refractivity contribution in [1.82, 2.24) is 9.13 Å². The predicted molar refractivity (Wildman–Crippen MR) is 126 cm³/mol. The molecular weight excluding hydrogens is 436 g/mol. The third-order valence-corrected chi connectivity index (χ3v) is 5.24. The number of fused-ring (bicyclic) bond motifs is 1. The van der Waals surface area contributed by atoms with Crippen molar-refractivity contribution in [3.63, 3.8) is 0 Å². The van der Waals surface area contributed by atoms with Crippen LogP contribution in [0.15, 0.2) is 88.5 Å². The van der Waals surface area contributed by atoms with E-state index in [9.17, 15) is 19.2 Å². The topological polar surface area (TPSA) is 96.6 Å². The minimum Gasteiger partial charge on any atom is -0.462 e. The number of esters is 1. The van der Waals surface area contributed by atoms with Gasteiger partial charge in [-0.1, -0.05) is 54.6 Å². The average molecular weight is 458 g/mol. The van der Waals surface area contributed by atoms with Crippen molar-refractivity contribution in [2.75, 3.05) is 6.61 Å². The molecule has 0 aliphatic heterocycles. The second-order valence-corrected chi connectivity index (χ2v) is 7.48. The third kappa shape index (κ3) is 4.66. The summed E-state index contributed by atoms with van der Waals surface area (Å²) >= 11 is 0. The van der Waals surface area contributed by atoms with Crippen LogP contribution in [0.1, 0.15) is 28.4 Å². The minimum absolute atomic E-state index is 0.0757. The maximum Gasteiger partial charge on any atom is 0.425 e. The number of carbonyl (C=O) groups is 2. The van der Waals surface area contributed by atoms with Crippen molar-refractivity contribution in [1.29, 1.82) is 0 Å². The molecule has 0 unspecified atom stereocenters. The van der Waals surface area contributed by atoms with Crippen LogP contribution in [-0.4, -0.2) is 27.8 Å². The smallest absolute Gasteiger partial charge is 0.425 e. The highest BCUT2D eigenvalue weighted by atomic mass is 16.6. The van der Waals surface area contributed by atoms with Crippen LogP contribution in [0.25, 0.3) is 10.9 Å². The fourth-order valence-corrected chi connectivity index (χ4v) is 3.56. The number of ether oxygens (including phenoxy) is 2. The first-order valence-corrected chi connectivity index (χ1v) is 10.7. The molecular formula is C26H22N2O6. The molecule has 3 aromatic carbocycles. The zero-order chi connectivity index (χ0) is 24.1. The molecule has 34 heavy (non-hydrogen) atoms. The van der Waals surface area contributed by atoms with Gasteiger partial charge in [0.05, 0.1) is 29.6 Å². The second kappa shape index (κ2) is 9.99.